The zero-order valence-electron chi connectivity index (χ0n) is 11.2. The highest BCUT2D eigenvalue weighted by molar-refractivity contribution is 6.07. The van der Waals surface area contributed by atoms with E-state index in [1.807, 2.05) is 13.8 Å². The molecule has 4 N–H and O–H groups in total. The summed E-state index contributed by atoms with van der Waals surface area (Å²) in [6.07, 6.45) is 0. The van der Waals surface area contributed by atoms with E-state index in [-0.39, 0.29) is 5.56 Å². The highest BCUT2D eigenvalue weighted by Crippen LogP contribution is 2.25. The first-order valence-electron chi connectivity index (χ1n) is 6.05. The predicted octanol–water partition coefficient (Wildman–Crippen LogP) is 2.98. The van der Waals surface area contributed by atoms with Gasteiger partial charge in [0, 0.05) is 6.07 Å². The number of nitrogens with two attached hydrogens (primary N) is 1. The first kappa shape index (κ1) is 13.9. The molecule has 20 heavy (non-hydrogen) atoms. The number of hydrogen-bond acceptors (Lipinski definition) is 3. The number of benzene rings is 2. The van der Waals surface area contributed by atoms with Crippen LogP contribution in [0.2, 0.25) is 0 Å². The summed E-state index contributed by atoms with van der Waals surface area (Å²) >= 11 is 0. The molecule has 0 spiro atoms. The molecule has 0 heterocycles. The topological polar surface area (TPSA) is 75.3 Å². The SMILES string of the molecule is Cc1cc(N)c(NC(=O)c2ccc(F)cc2O)cc1C. The molecular weight excluding hydrogens is 259 g/mol. The number of phenolic OH excluding ortho intramolecular Hbond substituents is 1. The summed E-state index contributed by atoms with van der Waals surface area (Å²) in [5.74, 6) is -1.56. The smallest absolute Gasteiger partial charge is 0.259 e. The average Bonchev–Trinajstić information content (AvgIpc) is 2.35. The summed E-state index contributed by atoms with van der Waals surface area (Å²) in [6.45, 7) is 3.82. The van der Waals surface area contributed by atoms with Gasteiger partial charge in [-0.05, 0) is 49.2 Å². The lowest BCUT2D eigenvalue weighted by atomic mass is 10.1. The highest BCUT2D eigenvalue weighted by Gasteiger charge is 2.13. The lowest BCUT2D eigenvalue weighted by Gasteiger charge is -2.11. The maximum Gasteiger partial charge on any atom is 0.259 e. The van der Waals surface area contributed by atoms with Crippen LogP contribution in [0, 0.1) is 19.7 Å². The summed E-state index contributed by atoms with van der Waals surface area (Å²) in [5, 5.41) is 12.2. The number of anilines is 2. The Morgan fingerprint density at radius 1 is 1.20 bits per heavy atom. The number of aromatic hydroxyl groups is 1. The maximum absolute atomic E-state index is 12.9. The van der Waals surface area contributed by atoms with Gasteiger partial charge in [-0.25, -0.2) is 4.39 Å². The van der Waals surface area contributed by atoms with Gasteiger partial charge in [0.05, 0.1) is 16.9 Å². The Labute approximate surface area is 116 Å². The molecule has 2 aromatic carbocycles. The average molecular weight is 274 g/mol. The molecule has 0 atom stereocenters. The van der Waals surface area contributed by atoms with E-state index in [0.29, 0.717) is 11.4 Å². The van der Waals surface area contributed by atoms with Gasteiger partial charge in [-0.1, -0.05) is 0 Å². The standard InChI is InChI=1S/C15H15FN2O2/c1-8-5-12(17)13(6-9(8)2)18-15(20)11-4-3-10(16)7-14(11)19/h3-7,19H,17H2,1-2H3,(H,18,20). The normalized spacial score (nSPS) is 10.3. The van der Waals surface area contributed by atoms with Crippen molar-refractivity contribution in [2.75, 3.05) is 11.1 Å². The third kappa shape index (κ3) is 2.71. The number of carbonyl (C=O) groups excluding carboxylic acids is 1. The summed E-state index contributed by atoms with van der Waals surface area (Å²) in [5.41, 5.74) is 8.73. The third-order valence-electron chi connectivity index (χ3n) is 3.12. The van der Waals surface area contributed by atoms with Gasteiger partial charge in [0.25, 0.3) is 5.91 Å². The first-order chi connectivity index (χ1) is 9.38. The molecule has 0 radical (unpaired) electrons. The largest absolute Gasteiger partial charge is 0.507 e. The minimum Gasteiger partial charge on any atom is -0.507 e. The van der Waals surface area contributed by atoms with E-state index in [0.717, 1.165) is 23.3 Å². The van der Waals surface area contributed by atoms with Crippen molar-refractivity contribution >= 4 is 17.3 Å². The minimum atomic E-state index is -0.607. The fraction of sp³-hybridized carbons (Fsp3) is 0.133. The molecule has 1 amide bonds. The first-order valence-corrected chi connectivity index (χ1v) is 6.05. The predicted molar refractivity (Wildman–Crippen MR) is 76.3 cm³/mol. The minimum absolute atomic E-state index is 0.0102. The maximum atomic E-state index is 12.9. The second-order valence-electron chi connectivity index (χ2n) is 4.64. The van der Waals surface area contributed by atoms with Gasteiger partial charge >= 0.3 is 0 Å². The van der Waals surface area contributed by atoms with Crippen molar-refractivity contribution in [1.29, 1.82) is 0 Å². The number of halogens is 1. The molecule has 0 aromatic heterocycles. The van der Waals surface area contributed by atoms with E-state index >= 15 is 0 Å². The molecule has 0 aliphatic carbocycles. The quantitative estimate of drug-likeness (QED) is 0.737. The molecule has 5 heteroatoms. The van der Waals surface area contributed by atoms with Crippen LogP contribution in [-0.2, 0) is 0 Å². The van der Waals surface area contributed by atoms with Crippen molar-refractivity contribution in [2.45, 2.75) is 13.8 Å². The number of nitrogen functional groups attached to an aromatic ring is 1. The van der Waals surface area contributed by atoms with E-state index in [1.165, 1.54) is 6.07 Å². The second-order valence-corrected chi connectivity index (χ2v) is 4.64. The number of carbonyl (C=O) groups is 1. The van der Waals surface area contributed by atoms with Gasteiger partial charge in [0.15, 0.2) is 0 Å². The fourth-order valence-electron chi connectivity index (χ4n) is 1.83. The Hall–Kier alpha value is -2.56. The summed E-state index contributed by atoms with van der Waals surface area (Å²) in [4.78, 5) is 12.0. The molecule has 4 nitrogen and oxygen atoms in total. The Morgan fingerprint density at radius 2 is 1.85 bits per heavy atom. The number of hydrogen-bond donors (Lipinski definition) is 3. The van der Waals surface area contributed by atoms with Crippen LogP contribution in [0.4, 0.5) is 15.8 Å². The van der Waals surface area contributed by atoms with Crippen LogP contribution in [0.25, 0.3) is 0 Å². The van der Waals surface area contributed by atoms with Crippen LogP contribution in [0.3, 0.4) is 0 Å². The van der Waals surface area contributed by atoms with Crippen LogP contribution in [-0.4, -0.2) is 11.0 Å². The van der Waals surface area contributed by atoms with Crippen LogP contribution in [0.5, 0.6) is 5.75 Å². The molecule has 0 bridgehead atoms. The lowest BCUT2D eigenvalue weighted by Crippen LogP contribution is -2.14. The molecule has 104 valence electrons. The van der Waals surface area contributed by atoms with Crippen LogP contribution >= 0.6 is 0 Å². The van der Waals surface area contributed by atoms with Gasteiger partial charge < -0.3 is 16.2 Å². The van der Waals surface area contributed by atoms with E-state index < -0.39 is 17.5 Å². The van der Waals surface area contributed by atoms with Crippen LogP contribution < -0.4 is 11.1 Å². The lowest BCUT2D eigenvalue weighted by molar-refractivity contribution is 0.102. The van der Waals surface area contributed by atoms with Crippen molar-refractivity contribution in [3.63, 3.8) is 0 Å². The Kier molecular flexibility index (Phi) is 3.61. The van der Waals surface area contributed by atoms with Crippen LogP contribution in [0.15, 0.2) is 30.3 Å². The Morgan fingerprint density at radius 3 is 2.50 bits per heavy atom. The molecular formula is C15H15FN2O2. The Balaban J connectivity index is 2.30. The van der Waals surface area contributed by atoms with Gasteiger partial charge in [-0.3, -0.25) is 4.79 Å². The number of rotatable bonds is 2. The monoisotopic (exact) mass is 274 g/mol. The van der Waals surface area contributed by atoms with Crippen molar-refractivity contribution in [2.24, 2.45) is 0 Å². The molecule has 0 unspecified atom stereocenters. The van der Waals surface area contributed by atoms with Gasteiger partial charge in [0.2, 0.25) is 0 Å². The number of aryl methyl sites for hydroxylation is 2. The summed E-state index contributed by atoms with van der Waals surface area (Å²) in [6, 6.07) is 6.73. The Bertz CT molecular complexity index is 684. The van der Waals surface area contributed by atoms with Crippen molar-refractivity contribution in [1.82, 2.24) is 0 Å². The van der Waals surface area contributed by atoms with Crippen molar-refractivity contribution in [3.05, 3.63) is 52.8 Å². The zero-order chi connectivity index (χ0) is 14.9. The van der Waals surface area contributed by atoms with E-state index in [2.05, 4.69) is 5.32 Å². The summed E-state index contributed by atoms with van der Waals surface area (Å²) < 4.78 is 12.9. The van der Waals surface area contributed by atoms with Crippen molar-refractivity contribution in [3.8, 4) is 5.75 Å². The molecule has 0 fully saturated rings. The molecule has 0 saturated heterocycles. The van der Waals surface area contributed by atoms with E-state index in [9.17, 15) is 14.3 Å². The number of amides is 1. The van der Waals surface area contributed by atoms with Gasteiger partial charge in [-0.2, -0.15) is 0 Å². The fourth-order valence-corrected chi connectivity index (χ4v) is 1.83. The second kappa shape index (κ2) is 5.21. The molecule has 0 aliphatic rings. The molecule has 0 aliphatic heterocycles. The van der Waals surface area contributed by atoms with Crippen molar-refractivity contribution < 1.29 is 14.3 Å². The highest BCUT2D eigenvalue weighted by atomic mass is 19.1. The number of nitrogens with one attached hydrogen (secondary N) is 1. The zero-order valence-corrected chi connectivity index (χ0v) is 11.2. The van der Waals surface area contributed by atoms with Gasteiger partial charge in [-0.15, -0.1) is 0 Å². The molecule has 0 saturated carbocycles. The number of phenols is 1. The van der Waals surface area contributed by atoms with Gasteiger partial charge in [0.1, 0.15) is 11.6 Å². The summed E-state index contributed by atoms with van der Waals surface area (Å²) in [7, 11) is 0. The van der Waals surface area contributed by atoms with Crippen LogP contribution in [0.1, 0.15) is 21.5 Å². The van der Waals surface area contributed by atoms with E-state index in [1.54, 1.807) is 12.1 Å². The molecule has 2 aromatic rings. The van der Waals surface area contributed by atoms with E-state index in [4.69, 9.17) is 5.73 Å². The molecule has 2 rings (SSSR count). The third-order valence-corrected chi connectivity index (χ3v) is 3.12.